The monoisotopic (exact) mass is 357 g/mol. The molecule has 2 aromatic carbocycles. The zero-order chi connectivity index (χ0) is 18.1. The first-order valence-electron chi connectivity index (χ1n) is 7.95. The van der Waals surface area contributed by atoms with E-state index in [4.69, 9.17) is 16.4 Å². The number of carbonyl (C=O) groups is 1. The number of nitrogens with zero attached hydrogens (tertiary/aromatic N) is 3. The van der Waals surface area contributed by atoms with Gasteiger partial charge in [-0.2, -0.15) is 5.10 Å². The van der Waals surface area contributed by atoms with Crippen LogP contribution in [0.5, 0.6) is 0 Å². The molecule has 0 aliphatic heterocycles. The summed E-state index contributed by atoms with van der Waals surface area (Å²) in [6.45, 7) is 4.50. The summed E-state index contributed by atoms with van der Waals surface area (Å²) in [6, 6.07) is 11.8. The zero-order valence-electron chi connectivity index (χ0n) is 14.7. The maximum atomic E-state index is 12.6. The van der Waals surface area contributed by atoms with Gasteiger partial charge in [-0.3, -0.25) is 14.3 Å². The number of aryl methyl sites for hydroxylation is 2. The Kier molecular flexibility index (Phi) is 4.79. The SMILES string of the molecule is CON(C)C(=O)c1nn(Cc2ccc(C)cc2Cl)c2c(C)cccc12. The number of hydrogen-bond acceptors (Lipinski definition) is 3. The molecule has 0 unspecified atom stereocenters. The van der Waals surface area contributed by atoms with Crippen molar-refractivity contribution in [1.29, 1.82) is 0 Å². The van der Waals surface area contributed by atoms with E-state index in [9.17, 15) is 4.79 Å². The first kappa shape index (κ1) is 17.5. The smallest absolute Gasteiger partial charge is 0.274 e. The van der Waals surface area contributed by atoms with Crippen molar-refractivity contribution in [3.63, 3.8) is 0 Å². The van der Waals surface area contributed by atoms with Crippen LogP contribution in [0, 0.1) is 13.8 Å². The predicted octanol–water partition coefficient (Wildman–Crippen LogP) is 3.99. The molecular weight excluding hydrogens is 338 g/mol. The fourth-order valence-corrected chi connectivity index (χ4v) is 3.16. The molecule has 0 spiro atoms. The Labute approximate surface area is 151 Å². The molecule has 5 nitrogen and oxygen atoms in total. The summed E-state index contributed by atoms with van der Waals surface area (Å²) in [5.41, 5.74) is 4.40. The third-order valence-electron chi connectivity index (χ3n) is 4.26. The lowest BCUT2D eigenvalue weighted by atomic mass is 10.1. The number of carbonyl (C=O) groups excluding carboxylic acids is 1. The molecule has 3 aromatic rings. The predicted molar refractivity (Wildman–Crippen MR) is 98.9 cm³/mol. The Hall–Kier alpha value is -2.37. The number of amides is 1. The molecule has 0 bridgehead atoms. The fraction of sp³-hybridized carbons (Fsp3) is 0.263. The summed E-state index contributed by atoms with van der Waals surface area (Å²) in [6.07, 6.45) is 0. The van der Waals surface area contributed by atoms with E-state index in [1.807, 2.05) is 54.9 Å². The van der Waals surface area contributed by atoms with E-state index in [0.29, 0.717) is 17.3 Å². The lowest BCUT2D eigenvalue weighted by Gasteiger charge is -2.11. The molecule has 0 aliphatic rings. The Morgan fingerprint density at radius 3 is 2.72 bits per heavy atom. The first-order chi connectivity index (χ1) is 11.9. The van der Waals surface area contributed by atoms with E-state index in [1.165, 1.54) is 12.2 Å². The van der Waals surface area contributed by atoms with Gasteiger partial charge in [-0.15, -0.1) is 0 Å². The Balaban J connectivity index is 2.13. The Morgan fingerprint density at radius 2 is 2.04 bits per heavy atom. The van der Waals surface area contributed by atoms with Crippen LogP contribution in [0.4, 0.5) is 0 Å². The third-order valence-corrected chi connectivity index (χ3v) is 4.61. The molecule has 0 atom stereocenters. The minimum atomic E-state index is -0.285. The van der Waals surface area contributed by atoms with E-state index in [0.717, 1.165) is 27.6 Å². The molecule has 0 N–H and O–H groups in total. The molecule has 1 aromatic heterocycles. The molecule has 3 rings (SSSR count). The number of benzene rings is 2. The van der Waals surface area contributed by atoms with Crippen molar-refractivity contribution in [2.24, 2.45) is 0 Å². The van der Waals surface area contributed by atoms with Crippen LogP contribution >= 0.6 is 11.6 Å². The second-order valence-corrected chi connectivity index (χ2v) is 6.46. The summed E-state index contributed by atoms with van der Waals surface area (Å²) in [4.78, 5) is 17.6. The number of rotatable bonds is 4. The largest absolute Gasteiger partial charge is 0.298 e. The first-order valence-corrected chi connectivity index (χ1v) is 8.33. The highest BCUT2D eigenvalue weighted by Gasteiger charge is 2.21. The zero-order valence-corrected chi connectivity index (χ0v) is 15.5. The molecule has 0 fully saturated rings. The van der Waals surface area contributed by atoms with E-state index in [2.05, 4.69) is 5.10 Å². The number of hydroxylamine groups is 2. The summed E-state index contributed by atoms with van der Waals surface area (Å²) in [5, 5.41) is 7.24. The highest BCUT2D eigenvalue weighted by molar-refractivity contribution is 6.31. The molecule has 1 heterocycles. The van der Waals surface area contributed by atoms with Crippen LogP contribution in [0.2, 0.25) is 5.02 Å². The summed E-state index contributed by atoms with van der Waals surface area (Å²) in [7, 11) is 3.02. The molecular formula is C19H20ClN3O2. The standard InChI is InChI=1S/C19H20ClN3O2/c1-12-8-9-14(16(20)10-12)11-23-18-13(2)6-5-7-15(18)17(21-23)19(24)22(3)25-4/h5-10H,11H2,1-4H3. The molecule has 0 aliphatic carbocycles. The van der Waals surface area contributed by atoms with Crippen molar-refractivity contribution in [2.75, 3.05) is 14.2 Å². The summed E-state index contributed by atoms with van der Waals surface area (Å²) < 4.78 is 1.83. The van der Waals surface area contributed by atoms with Gasteiger partial charge in [0.2, 0.25) is 0 Å². The second-order valence-electron chi connectivity index (χ2n) is 6.06. The third kappa shape index (κ3) is 3.25. The van der Waals surface area contributed by atoms with Crippen molar-refractivity contribution < 1.29 is 9.63 Å². The van der Waals surface area contributed by atoms with Gasteiger partial charge < -0.3 is 0 Å². The maximum Gasteiger partial charge on any atom is 0.298 e. The van der Waals surface area contributed by atoms with Crippen molar-refractivity contribution in [3.05, 3.63) is 63.8 Å². The van der Waals surface area contributed by atoms with Crippen LogP contribution in [0.25, 0.3) is 10.9 Å². The average Bonchev–Trinajstić information content (AvgIpc) is 2.96. The van der Waals surface area contributed by atoms with Gasteiger partial charge in [0.1, 0.15) is 0 Å². The van der Waals surface area contributed by atoms with Gasteiger partial charge in [-0.05, 0) is 36.6 Å². The van der Waals surface area contributed by atoms with Crippen molar-refractivity contribution in [1.82, 2.24) is 14.8 Å². The molecule has 25 heavy (non-hydrogen) atoms. The lowest BCUT2D eigenvalue weighted by Crippen LogP contribution is -2.26. The Bertz CT molecular complexity index is 949. The van der Waals surface area contributed by atoms with Crippen molar-refractivity contribution in [2.45, 2.75) is 20.4 Å². The quantitative estimate of drug-likeness (QED) is 0.663. The van der Waals surface area contributed by atoms with E-state index in [1.54, 1.807) is 7.05 Å². The number of para-hydroxylation sites is 1. The van der Waals surface area contributed by atoms with Crippen LogP contribution in [0.1, 0.15) is 27.2 Å². The van der Waals surface area contributed by atoms with E-state index >= 15 is 0 Å². The topological polar surface area (TPSA) is 47.4 Å². The number of aromatic nitrogens is 2. The van der Waals surface area contributed by atoms with Gasteiger partial charge >= 0.3 is 0 Å². The van der Waals surface area contributed by atoms with E-state index < -0.39 is 0 Å². The van der Waals surface area contributed by atoms with Crippen LogP contribution < -0.4 is 0 Å². The highest BCUT2D eigenvalue weighted by Crippen LogP contribution is 2.26. The summed E-state index contributed by atoms with van der Waals surface area (Å²) >= 11 is 6.38. The van der Waals surface area contributed by atoms with Gasteiger partial charge in [0.05, 0.1) is 19.2 Å². The molecule has 6 heteroatoms. The number of fused-ring (bicyclic) bond motifs is 1. The second kappa shape index (κ2) is 6.86. The van der Waals surface area contributed by atoms with Gasteiger partial charge in [0.15, 0.2) is 5.69 Å². The maximum absolute atomic E-state index is 12.6. The van der Waals surface area contributed by atoms with Crippen molar-refractivity contribution >= 4 is 28.4 Å². The number of hydrogen-bond donors (Lipinski definition) is 0. The van der Waals surface area contributed by atoms with Crippen LogP contribution in [0.15, 0.2) is 36.4 Å². The normalized spacial score (nSPS) is 11.1. The van der Waals surface area contributed by atoms with Gasteiger partial charge in [-0.25, -0.2) is 5.06 Å². The molecule has 1 amide bonds. The van der Waals surface area contributed by atoms with Gasteiger partial charge in [0.25, 0.3) is 5.91 Å². The minimum Gasteiger partial charge on any atom is -0.274 e. The lowest BCUT2D eigenvalue weighted by molar-refractivity contribution is -0.0759. The van der Waals surface area contributed by atoms with Gasteiger partial charge in [-0.1, -0.05) is 41.9 Å². The highest BCUT2D eigenvalue weighted by atomic mass is 35.5. The van der Waals surface area contributed by atoms with E-state index in [-0.39, 0.29) is 5.91 Å². The summed E-state index contributed by atoms with van der Waals surface area (Å²) in [5.74, 6) is -0.285. The van der Waals surface area contributed by atoms with Crippen LogP contribution in [0.3, 0.4) is 0 Å². The van der Waals surface area contributed by atoms with Gasteiger partial charge in [0, 0.05) is 17.5 Å². The van der Waals surface area contributed by atoms with Crippen LogP contribution in [-0.2, 0) is 11.4 Å². The number of halogens is 1. The Morgan fingerprint density at radius 1 is 1.28 bits per heavy atom. The molecule has 0 saturated carbocycles. The average molecular weight is 358 g/mol. The molecule has 130 valence electrons. The fourth-order valence-electron chi connectivity index (χ4n) is 2.86. The minimum absolute atomic E-state index is 0.285. The van der Waals surface area contributed by atoms with Crippen LogP contribution in [-0.4, -0.2) is 34.9 Å². The molecule has 0 saturated heterocycles. The molecule has 0 radical (unpaired) electrons. The van der Waals surface area contributed by atoms with Crippen molar-refractivity contribution in [3.8, 4) is 0 Å².